The van der Waals surface area contributed by atoms with Gasteiger partial charge in [0, 0.05) is 18.3 Å². The summed E-state index contributed by atoms with van der Waals surface area (Å²) in [5.41, 5.74) is 3.71. The van der Waals surface area contributed by atoms with Crippen molar-refractivity contribution in [3.63, 3.8) is 0 Å². The highest BCUT2D eigenvalue weighted by Gasteiger charge is 2.19. The maximum Gasteiger partial charge on any atom is 0.244 e. The highest BCUT2D eigenvalue weighted by molar-refractivity contribution is 5.89. The van der Waals surface area contributed by atoms with E-state index < -0.39 is 12.1 Å². The molecule has 4 rings (SSSR count). The average molecular weight is 421 g/mol. The van der Waals surface area contributed by atoms with E-state index in [4.69, 9.17) is 4.74 Å². The molecule has 1 N–H and O–H groups in total. The normalized spacial score (nSPS) is 11.7. The fourth-order valence-electron chi connectivity index (χ4n) is 3.56. The molecular weight excluding hydrogens is 397 g/mol. The van der Waals surface area contributed by atoms with Crippen LogP contribution in [0.25, 0.3) is 27.7 Å². The van der Waals surface area contributed by atoms with Crippen LogP contribution >= 0.6 is 0 Å². The van der Waals surface area contributed by atoms with Gasteiger partial charge in [-0.1, -0.05) is 6.07 Å². The summed E-state index contributed by atoms with van der Waals surface area (Å²) in [4.78, 5) is 9.01. The molecule has 31 heavy (non-hydrogen) atoms. The third-order valence-electron chi connectivity index (χ3n) is 5.22. The SMILES string of the molecule is COc1nc(NCC(C)(C)C#N)nn2ccc(-c3ccc4nc(C)n(CCF)c4c3)c12. The molecule has 0 aliphatic carbocycles. The van der Waals surface area contributed by atoms with E-state index in [1.54, 1.807) is 11.6 Å². The number of hydrogen-bond donors (Lipinski definition) is 1. The molecule has 0 aliphatic rings. The zero-order valence-electron chi connectivity index (χ0n) is 18.0. The predicted octanol–water partition coefficient (Wildman–Crippen LogP) is 3.99. The molecule has 3 aromatic heterocycles. The third-order valence-corrected chi connectivity index (χ3v) is 5.22. The molecule has 0 bridgehead atoms. The quantitative estimate of drug-likeness (QED) is 0.485. The smallest absolute Gasteiger partial charge is 0.244 e. The van der Waals surface area contributed by atoms with Gasteiger partial charge in [0.05, 0.1) is 36.2 Å². The average Bonchev–Trinajstić information content (AvgIpc) is 3.32. The van der Waals surface area contributed by atoms with Gasteiger partial charge in [-0.2, -0.15) is 10.2 Å². The van der Waals surface area contributed by atoms with Gasteiger partial charge in [0.25, 0.3) is 0 Å². The number of methoxy groups -OCH3 is 1. The molecule has 0 saturated heterocycles. The summed E-state index contributed by atoms with van der Waals surface area (Å²) in [6, 6.07) is 10.1. The Hall–Kier alpha value is -3.67. The Balaban J connectivity index is 1.78. The minimum absolute atomic E-state index is 0.267. The summed E-state index contributed by atoms with van der Waals surface area (Å²) in [6.45, 7) is 5.78. The molecule has 0 saturated carbocycles. The Kier molecular flexibility index (Phi) is 5.23. The van der Waals surface area contributed by atoms with E-state index >= 15 is 0 Å². The van der Waals surface area contributed by atoms with Gasteiger partial charge in [0.1, 0.15) is 18.0 Å². The third kappa shape index (κ3) is 3.77. The lowest BCUT2D eigenvalue weighted by atomic mass is 9.96. The van der Waals surface area contributed by atoms with E-state index in [2.05, 4.69) is 26.5 Å². The van der Waals surface area contributed by atoms with Crippen molar-refractivity contribution in [3.05, 3.63) is 36.3 Å². The molecule has 0 radical (unpaired) electrons. The minimum Gasteiger partial charge on any atom is -0.479 e. The first kappa shape index (κ1) is 20.6. The topological polar surface area (TPSA) is 93.1 Å². The lowest BCUT2D eigenvalue weighted by Crippen LogP contribution is -2.22. The second-order valence-electron chi connectivity index (χ2n) is 8.02. The van der Waals surface area contributed by atoms with Crippen LogP contribution in [0.4, 0.5) is 10.3 Å². The maximum atomic E-state index is 13.0. The van der Waals surface area contributed by atoms with Crippen molar-refractivity contribution in [2.24, 2.45) is 5.41 Å². The van der Waals surface area contributed by atoms with Crippen molar-refractivity contribution in [2.45, 2.75) is 27.3 Å². The fraction of sp³-hybridized carbons (Fsp3) is 0.364. The molecular formula is C22H24FN7O. The highest BCUT2D eigenvalue weighted by atomic mass is 19.1. The van der Waals surface area contributed by atoms with Crippen molar-refractivity contribution in [3.8, 4) is 23.1 Å². The van der Waals surface area contributed by atoms with Crippen LogP contribution in [-0.2, 0) is 6.54 Å². The lowest BCUT2D eigenvalue weighted by Gasteiger charge is -2.16. The number of nitrogens with one attached hydrogen (secondary N) is 1. The minimum atomic E-state index is -0.552. The monoisotopic (exact) mass is 421 g/mol. The van der Waals surface area contributed by atoms with Crippen LogP contribution in [0.2, 0.25) is 0 Å². The van der Waals surface area contributed by atoms with E-state index in [1.165, 1.54) is 0 Å². The van der Waals surface area contributed by atoms with Gasteiger partial charge < -0.3 is 14.6 Å². The number of alkyl halides is 1. The van der Waals surface area contributed by atoms with Crippen molar-refractivity contribution in [2.75, 3.05) is 25.6 Å². The molecule has 160 valence electrons. The van der Waals surface area contributed by atoms with E-state index in [0.29, 0.717) is 18.4 Å². The Morgan fingerprint density at radius 3 is 2.77 bits per heavy atom. The van der Waals surface area contributed by atoms with E-state index in [-0.39, 0.29) is 6.54 Å². The first-order valence-electron chi connectivity index (χ1n) is 9.98. The first-order valence-corrected chi connectivity index (χ1v) is 9.98. The summed E-state index contributed by atoms with van der Waals surface area (Å²) in [7, 11) is 1.56. The van der Waals surface area contributed by atoms with Crippen LogP contribution in [0.1, 0.15) is 19.7 Å². The number of nitrogens with zero attached hydrogens (tertiary/aromatic N) is 6. The van der Waals surface area contributed by atoms with Crippen LogP contribution < -0.4 is 10.1 Å². The molecule has 3 heterocycles. The number of benzene rings is 1. The first-order chi connectivity index (χ1) is 14.9. The van der Waals surface area contributed by atoms with Crippen molar-refractivity contribution in [1.82, 2.24) is 24.1 Å². The number of imidazole rings is 1. The van der Waals surface area contributed by atoms with Crippen LogP contribution in [-0.4, -0.2) is 44.5 Å². The molecule has 0 fully saturated rings. The van der Waals surface area contributed by atoms with Crippen molar-refractivity contribution in [1.29, 1.82) is 5.26 Å². The van der Waals surface area contributed by atoms with Crippen LogP contribution in [0, 0.1) is 23.7 Å². The Morgan fingerprint density at radius 1 is 1.26 bits per heavy atom. The molecule has 4 aromatic rings. The number of aromatic nitrogens is 5. The Morgan fingerprint density at radius 2 is 2.06 bits per heavy atom. The van der Waals surface area contributed by atoms with Gasteiger partial charge in [-0.25, -0.2) is 13.9 Å². The number of nitriles is 1. The van der Waals surface area contributed by atoms with Gasteiger partial charge in [-0.3, -0.25) is 0 Å². The Labute approximate surface area is 179 Å². The second kappa shape index (κ2) is 7.87. The Bertz CT molecular complexity index is 1300. The van der Waals surface area contributed by atoms with Gasteiger partial charge in [-0.05, 0) is 44.5 Å². The summed E-state index contributed by atoms with van der Waals surface area (Å²) < 4.78 is 22.2. The van der Waals surface area contributed by atoms with Crippen molar-refractivity contribution >= 4 is 22.5 Å². The molecule has 0 spiro atoms. The van der Waals surface area contributed by atoms with Gasteiger partial charge >= 0.3 is 0 Å². The summed E-state index contributed by atoms with van der Waals surface area (Å²) >= 11 is 0. The van der Waals surface area contributed by atoms with Crippen LogP contribution in [0.5, 0.6) is 5.88 Å². The van der Waals surface area contributed by atoms with Crippen molar-refractivity contribution < 1.29 is 9.13 Å². The number of aryl methyl sites for hydroxylation is 2. The van der Waals surface area contributed by atoms with E-state index in [0.717, 1.165) is 33.5 Å². The molecule has 0 unspecified atom stereocenters. The largest absolute Gasteiger partial charge is 0.479 e. The number of anilines is 1. The van der Waals surface area contributed by atoms with Crippen LogP contribution in [0.3, 0.4) is 0 Å². The van der Waals surface area contributed by atoms with Gasteiger partial charge in [0.15, 0.2) is 0 Å². The number of hydrogen-bond acceptors (Lipinski definition) is 6. The molecule has 8 nitrogen and oxygen atoms in total. The van der Waals surface area contributed by atoms with Gasteiger partial charge in [-0.15, -0.1) is 5.10 Å². The zero-order valence-corrected chi connectivity index (χ0v) is 18.0. The lowest BCUT2D eigenvalue weighted by molar-refractivity contribution is 0.399. The highest BCUT2D eigenvalue weighted by Crippen LogP contribution is 2.33. The standard InChI is InChI=1S/C22H24FN7O/c1-14-26-17-6-5-15(11-18(17)29(14)10-8-23)16-7-9-30-19(16)20(31-4)27-21(28-30)25-13-22(2,3)12-24/h5-7,9,11H,8,10,13H2,1-4H3,(H,25,28). The summed E-state index contributed by atoms with van der Waals surface area (Å²) in [5, 5.41) is 16.8. The number of ether oxygens (including phenoxy) is 1. The van der Waals surface area contributed by atoms with Crippen LogP contribution in [0.15, 0.2) is 30.5 Å². The summed E-state index contributed by atoms with van der Waals surface area (Å²) in [5.74, 6) is 1.58. The maximum absolute atomic E-state index is 13.0. The molecule has 0 aliphatic heterocycles. The van der Waals surface area contributed by atoms with E-state index in [1.807, 2.05) is 55.8 Å². The summed E-state index contributed by atoms with van der Waals surface area (Å²) in [6.07, 6.45) is 1.84. The molecule has 9 heteroatoms. The molecule has 1 aromatic carbocycles. The second-order valence-corrected chi connectivity index (χ2v) is 8.02. The number of fused-ring (bicyclic) bond motifs is 2. The number of rotatable bonds is 7. The zero-order chi connectivity index (χ0) is 22.2. The van der Waals surface area contributed by atoms with E-state index in [9.17, 15) is 9.65 Å². The molecule has 0 amide bonds. The molecule has 0 atom stereocenters. The fourth-order valence-corrected chi connectivity index (χ4v) is 3.56. The van der Waals surface area contributed by atoms with Gasteiger partial charge in [0.2, 0.25) is 11.8 Å². The number of halogens is 1. The predicted molar refractivity (Wildman–Crippen MR) is 117 cm³/mol.